The molecule has 0 saturated carbocycles. The molecule has 1 aliphatic rings. The summed E-state index contributed by atoms with van der Waals surface area (Å²) in [4.78, 5) is 14.4. The summed E-state index contributed by atoms with van der Waals surface area (Å²) in [5.41, 5.74) is 1.19. The molecule has 2 aromatic rings. The number of hydrogen-bond acceptors (Lipinski definition) is 4. The predicted octanol–water partition coefficient (Wildman–Crippen LogP) is 1.75. The number of likely N-dealkylation sites (tertiary alicyclic amines) is 1. The summed E-state index contributed by atoms with van der Waals surface area (Å²) >= 11 is 0. The highest BCUT2D eigenvalue weighted by Gasteiger charge is 2.28. The first-order chi connectivity index (χ1) is 11.7. The summed E-state index contributed by atoms with van der Waals surface area (Å²) in [6, 6.07) is 9.92. The van der Waals surface area contributed by atoms with Crippen LogP contribution >= 0.6 is 0 Å². The number of nitrogens with zero attached hydrogens (tertiary/aromatic N) is 3. The third-order valence-corrected chi connectivity index (χ3v) is 4.26. The highest BCUT2D eigenvalue weighted by molar-refractivity contribution is 5.78. The number of carbonyl (C=O) groups is 1. The fourth-order valence-corrected chi connectivity index (χ4v) is 3.12. The molecule has 2 heterocycles. The van der Waals surface area contributed by atoms with Crippen molar-refractivity contribution in [3.8, 4) is 5.75 Å². The molecule has 0 spiro atoms. The van der Waals surface area contributed by atoms with Crippen molar-refractivity contribution in [3.63, 3.8) is 0 Å². The third-order valence-electron chi connectivity index (χ3n) is 4.26. The highest BCUT2D eigenvalue weighted by atomic mass is 16.5. The van der Waals surface area contributed by atoms with Gasteiger partial charge in [-0.15, -0.1) is 0 Å². The first-order valence-corrected chi connectivity index (χ1v) is 8.39. The quantitative estimate of drug-likeness (QED) is 0.787. The Hall–Kier alpha value is -2.34. The molecule has 0 radical (unpaired) electrons. The van der Waals surface area contributed by atoms with Gasteiger partial charge in [0.15, 0.2) is 0 Å². The summed E-state index contributed by atoms with van der Waals surface area (Å²) in [5, 5.41) is 7.17. The Kier molecular flexibility index (Phi) is 5.48. The molecule has 1 aromatic carbocycles. The Balaban J connectivity index is 1.41. The van der Waals surface area contributed by atoms with E-state index in [-0.39, 0.29) is 5.91 Å². The van der Waals surface area contributed by atoms with Crippen LogP contribution in [0.4, 0.5) is 0 Å². The largest absolute Gasteiger partial charge is 0.492 e. The maximum absolute atomic E-state index is 12.2. The monoisotopic (exact) mass is 328 g/mol. The van der Waals surface area contributed by atoms with Crippen molar-refractivity contribution >= 4 is 5.91 Å². The lowest BCUT2D eigenvalue weighted by Gasteiger charge is -2.22. The number of amides is 1. The molecule has 1 amide bonds. The number of rotatable bonds is 7. The predicted molar refractivity (Wildman–Crippen MR) is 91.7 cm³/mol. The van der Waals surface area contributed by atoms with Crippen LogP contribution < -0.4 is 10.1 Å². The molecule has 6 nitrogen and oxygen atoms in total. The molecule has 1 aliphatic heterocycles. The van der Waals surface area contributed by atoms with Crippen molar-refractivity contribution in [2.24, 2.45) is 7.05 Å². The Morgan fingerprint density at radius 1 is 1.38 bits per heavy atom. The van der Waals surface area contributed by atoms with Crippen LogP contribution in [0.3, 0.4) is 0 Å². The van der Waals surface area contributed by atoms with Gasteiger partial charge in [0.1, 0.15) is 12.4 Å². The Morgan fingerprint density at radius 3 is 2.96 bits per heavy atom. The summed E-state index contributed by atoms with van der Waals surface area (Å²) in [6.07, 6.45) is 6.13. The minimum atomic E-state index is 0.0439. The van der Waals surface area contributed by atoms with E-state index in [4.69, 9.17) is 4.74 Å². The number of benzene rings is 1. The van der Waals surface area contributed by atoms with Gasteiger partial charge in [0.2, 0.25) is 5.91 Å². The Morgan fingerprint density at radius 2 is 2.21 bits per heavy atom. The van der Waals surface area contributed by atoms with E-state index in [1.807, 2.05) is 54.5 Å². The maximum Gasteiger partial charge on any atom is 0.234 e. The molecule has 1 unspecified atom stereocenters. The third kappa shape index (κ3) is 4.35. The Labute approximate surface area is 142 Å². The molecular formula is C18H24N4O2. The summed E-state index contributed by atoms with van der Waals surface area (Å²) in [6.45, 7) is 2.36. The van der Waals surface area contributed by atoms with E-state index >= 15 is 0 Å². The van der Waals surface area contributed by atoms with E-state index in [2.05, 4.69) is 15.3 Å². The number of aryl methyl sites for hydroxylation is 1. The minimum Gasteiger partial charge on any atom is -0.492 e. The number of ether oxygens (including phenoxy) is 1. The van der Waals surface area contributed by atoms with Gasteiger partial charge >= 0.3 is 0 Å². The van der Waals surface area contributed by atoms with Crippen molar-refractivity contribution in [1.29, 1.82) is 0 Å². The van der Waals surface area contributed by atoms with Gasteiger partial charge in [0, 0.05) is 24.8 Å². The van der Waals surface area contributed by atoms with Gasteiger partial charge in [-0.3, -0.25) is 14.4 Å². The van der Waals surface area contributed by atoms with Crippen LogP contribution in [0.2, 0.25) is 0 Å². The van der Waals surface area contributed by atoms with Crippen LogP contribution in [0.1, 0.15) is 24.4 Å². The zero-order valence-corrected chi connectivity index (χ0v) is 14.0. The second-order valence-electron chi connectivity index (χ2n) is 6.09. The van der Waals surface area contributed by atoms with E-state index in [1.54, 1.807) is 0 Å². The second kappa shape index (κ2) is 7.97. The van der Waals surface area contributed by atoms with Crippen molar-refractivity contribution in [3.05, 3.63) is 48.3 Å². The summed E-state index contributed by atoms with van der Waals surface area (Å²) < 4.78 is 7.39. The molecule has 128 valence electrons. The number of hydrogen-bond donors (Lipinski definition) is 1. The molecule has 3 rings (SSSR count). The fourth-order valence-electron chi connectivity index (χ4n) is 3.12. The lowest BCUT2D eigenvalue weighted by Crippen LogP contribution is -2.38. The van der Waals surface area contributed by atoms with Crippen molar-refractivity contribution in [2.75, 3.05) is 26.2 Å². The fraction of sp³-hybridized carbons (Fsp3) is 0.444. The molecule has 1 fully saturated rings. The van der Waals surface area contributed by atoms with Crippen LogP contribution in [0.15, 0.2) is 42.7 Å². The van der Waals surface area contributed by atoms with E-state index in [0.29, 0.717) is 25.7 Å². The number of para-hydroxylation sites is 1. The highest BCUT2D eigenvalue weighted by Crippen LogP contribution is 2.30. The molecule has 6 heteroatoms. The van der Waals surface area contributed by atoms with Crippen LogP contribution in [-0.4, -0.2) is 46.8 Å². The standard InChI is InChI=1S/C18H24N4O2/c1-21-13-15(12-20-21)17-8-5-10-22(17)14-18(23)19-9-11-24-16-6-3-2-4-7-16/h2-4,6-7,12-13,17H,5,8-11,14H2,1H3,(H,19,23). The molecule has 24 heavy (non-hydrogen) atoms. The first kappa shape index (κ1) is 16.5. The van der Waals surface area contributed by atoms with E-state index < -0.39 is 0 Å². The Bertz CT molecular complexity index is 656. The van der Waals surface area contributed by atoms with Gasteiger partial charge in [-0.25, -0.2) is 0 Å². The van der Waals surface area contributed by atoms with Crippen molar-refractivity contribution in [1.82, 2.24) is 20.0 Å². The molecular weight excluding hydrogens is 304 g/mol. The van der Waals surface area contributed by atoms with Crippen LogP contribution in [0, 0.1) is 0 Å². The van der Waals surface area contributed by atoms with E-state index in [1.165, 1.54) is 5.56 Å². The van der Waals surface area contributed by atoms with Gasteiger partial charge in [-0.2, -0.15) is 5.10 Å². The number of nitrogens with one attached hydrogen (secondary N) is 1. The first-order valence-electron chi connectivity index (χ1n) is 8.39. The average Bonchev–Trinajstić information content (AvgIpc) is 3.21. The SMILES string of the molecule is Cn1cc(C2CCCN2CC(=O)NCCOc2ccccc2)cn1. The van der Waals surface area contributed by atoms with Gasteiger partial charge in [0.05, 0.1) is 19.3 Å². The van der Waals surface area contributed by atoms with Crippen molar-refractivity contribution in [2.45, 2.75) is 18.9 Å². The van der Waals surface area contributed by atoms with Crippen LogP contribution in [0.5, 0.6) is 5.75 Å². The molecule has 1 N–H and O–H groups in total. The lowest BCUT2D eigenvalue weighted by atomic mass is 10.1. The number of carbonyl (C=O) groups excluding carboxylic acids is 1. The second-order valence-corrected chi connectivity index (χ2v) is 6.09. The zero-order chi connectivity index (χ0) is 16.8. The lowest BCUT2D eigenvalue weighted by molar-refractivity contribution is -0.122. The van der Waals surface area contributed by atoms with Crippen LogP contribution in [0.25, 0.3) is 0 Å². The van der Waals surface area contributed by atoms with E-state index in [0.717, 1.165) is 25.1 Å². The molecule has 1 saturated heterocycles. The normalized spacial score (nSPS) is 17.8. The average molecular weight is 328 g/mol. The van der Waals surface area contributed by atoms with Gasteiger partial charge in [0.25, 0.3) is 0 Å². The van der Waals surface area contributed by atoms with Gasteiger partial charge in [-0.1, -0.05) is 18.2 Å². The van der Waals surface area contributed by atoms with Crippen molar-refractivity contribution < 1.29 is 9.53 Å². The summed E-state index contributed by atoms with van der Waals surface area (Å²) in [5.74, 6) is 0.866. The number of aromatic nitrogens is 2. The topological polar surface area (TPSA) is 59.4 Å². The van der Waals surface area contributed by atoms with Gasteiger partial charge < -0.3 is 10.1 Å². The molecule has 1 aromatic heterocycles. The van der Waals surface area contributed by atoms with Gasteiger partial charge in [-0.05, 0) is 31.5 Å². The maximum atomic E-state index is 12.2. The smallest absolute Gasteiger partial charge is 0.234 e. The molecule has 1 atom stereocenters. The molecule has 0 bridgehead atoms. The zero-order valence-electron chi connectivity index (χ0n) is 14.0. The minimum absolute atomic E-state index is 0.0439. The van der Waals surface area contributed by atoms with Crippen LogP contribution in [-0.2, 0) is 11.8 Å². The molecule has 0 aliphatic carbocycles. The van der Waals surface area contributed by atoms with E-state index in [9.17, 15) is 4.79 Å². The summed E-state index contributed by atoms with van der Waals surface area (Å²) in [7, 11) is 1.92.